The summed E-state index contributed by atoms with van der Waals surface area (Å²) in [5, 5.41) is 4.09. The van der Waals surface area contributed by atoms with Gasteiger partial charge in [0.1, 0.15) is 6.61 Å². The highest BCUT2D eigenvalue weighted by molar-refractivity contribution is 7.80. The first-order chi connectivity index (χ1) is 6.36. The molecule has 1 aromatic heterocycles. The van der Waals surface area contributed by atoms with E-state index in [-0.39, 0.29) is 0 Å². The number of hydrogen-bond donors (Lipinski definition) is 1. The van der Waals surface area contributed by atoms with Crippen LogP contribution in [0.3, 0.4) is 0 Å². The molecule has 0 saturated carbocycles. The molecule has 4 heteroatoms. The van der Waals surface area contributed by atoms with Crippen molar-refractivity contribution in [1.29, 1.82) is 0 Å². The van der Waals surface area contributed by atoms with Crippen molar-refractivity contribution < 1.29 is 4.74 Å². The van der Waals surface area contributed by atoms with Crippen molar-refractivity contribution >= 4 is 12.6 Å². The molecule has 0 radical (unpaired) electrons. The lowest BCUT2D eigenvalue weighted by molar-refractivity contribution is 0.362. The van der Waals surface area contributed by atoms with Crippen molar-refractivity contribution in [2.45, 2.75) is 13.5 Å². The number of thiol groups is 1. The first kappa shape index (κ1) is 10.2. The van der Waals surface area contributed by atoms with Gasteiger partial charge in [-0.15, -0.1) is 0 Å². The molecule has 1 rings (SSSR count). The van der Waals surface area contributed by atoms with E-state index in [4.69, 9.17) is 4.74 Å². The first-order valence-electron chi connectivity index (χ1n) is 4.28. The standard InChI is InChI=1S/C9H14N2OS/c1-2-11-8-9(7-10-11)12-5-3-4-6-13/h3-4,7-8,13H,2,5-6H2,1H3/b4-3+. The molecule has 0 atom stereocenters. The highest BCUT2D eigenvalue weighted by atomic mass is 32.1. The van der Waals surface area contributed by atoms with Crippen LogP contribution in [0, 0.1) is 0 Å². The maximum absolute atomic E-state index is 5.39. The van der Waals surface area contributed by atoms with Crippen molar-refractivity contribution in [3.63, 3.8) is 0 Å². The molecule has 0 N–H and O–H groups in total. The fourth-order valence-corrected chi connectivity index (χ4v) is 1.03. The summed E-state index contributed by atoms with van der Waals surface area (Å²) in [6.45, 7) is 3.49. The van der Waals surface area contributed by atoms with Crippen molar-refractivity contribution in [3.05, 3.63) is 24.5 Å². The van der Waals surface area contributed by atoms with Crippen LogP contribution in [-0.4, -0.2) is 22.1 Å². The Morgan fingerprint density at radius 2 is 2.46 bits per heavy atom. The Bertz CT molecular complexity index is 270. The Labute approximate surface area is 83.8 Å². The second kappa shape index (κ2) is 5.70. The number of nitrogens with zero attached hydrogens (tertiary/aromatic N) is 2. The fourth-order valence-electron chi connectivity index (χ4n) is 0.879. The summed E-state index contributed by atoms with van der Waals surface area (Å²) in [6.07, 6.45) is 7.50. The summed E-state index contributed by atoms with van der Waals surface area (Å²) in [7, 11) is 0. The number of aryl methyl sites for hydroxylation is 1. The molecule has 3 nitrogen and oxygen atoms in total. The molecule has 0 saturated heterocycles. The number of hydrogen-bond acceptors (Lipinski definition) is 3. The predicted octanol–water partition coefficient (Wildman–Crippen LogP) is 1.77. The van der Waals surface area contributed by atoms with Crippen LogP contribution in [0.1, 0.15) is 6.92 Å². The third kappa shape index (κ3) is 3.55. The molecule has 0 amide bonds. The molecule has 0 unspecified atom stereocenters. The lowest BCUT2D eigenvalue weighted by atomic mass is 10.5. The summed E-state index contributed by atoms with van der Waals surface area (Å²) >= 11 is 4.04. The van der Waals surface area contributed by atoms with Crippen LogP contribution >= 0.6 is 12.6 Å². The Morgan fingerprint density at radius 3 is 3.08 bits per heavy atom. The van der Waals surface area contributed by atoms with Gasteiger partial charge in [-0.05, 0) is 6.92 Å². The minimum absolute atomic E-state index is 0.579. The molecular weight excluding hydrogens is 184 g/mol. The zero-order chi connectivity index (χ0) is 9.52. The van der Waals surface area contributed by atoms with Gasteiger partial charge >= 0.3 is 0 Å². The van der Waals surface area contributed by atoms with Gasteiger partial charge in [0, 0.05) is 12.3 Å². The lowest BCUT2D eigenvalue weighted by Crippen LogP contribution is -1.93. The van der Waals surface area contributed by atoms with Gasteiger partial charge in [-0.2, -0.15) is 17.7 Å². The van der Waals surface area contributed by atoms with Crippen molar-refractivity contribution in [3.8, 4) is 5.75 Å². The zero-order valence-corrected chi connectivity index (χ0v) is 8.58. The van der Waals surface area contributed by atoms with Crippen molar-refractivity contribution in [1.82, 2.24) is 9.78 Å². The molecule has 0 spiro atoms. The molecule has 0 aliphatic carbocycles. The van der Waals surface area contributed by atoms with E-state index in [1.807, 2.05) is 30.0 Å². The minimum Gasteiger partial charge on any atom is -0.486 e. The molecule has 1 heterocycles. The molecule has 0 fully saturated rings. The summed E-state index contributed by atoms with van der Waals surface area (Å²) in [5.41, 5.74) is 0. The molecule has 0 aliphatic heterocycles. The Balaban J connectivity index is 2.32. The molecule has 13 heavy (non-hydrogen) atoms. The van der Waals surface area contributed by atoms with Crippen LogP contribution in [0.2, 0.25) is 0 Å². The van der Waals surface area contributed by atoms with E-state index in [1.54, 1.807) is 6.20 Å². The molecule has 72 valence electrons. The monoisotopic (exact) mass is 198 g/mol. The normalized spacial score (nSPS) is 10.9. The smallest absolute Gasteiger partial charge is 0.157 e. The zero-order valence-electron chi connectivity index (χ0n) is 7.68. The van der Waals surface area contributed by atoms with Crippen LogP contribution in [0.15, 0.2) is 24.5 Å². The summed E-state index contributed by atoms with van der Waals surface area (Å²) in [6, 6.07) is 0. The van der Waals surface area contributed by atoms with Gasteiger partial charge in [0.25, 0.3) is 0 Å². The van der Waals surface area contributed by atoms with E-state index in [0.29, 0.717) is 6.61 Å². The van der Waals surface area contributed by atoms with E-state index in [9.17, 15) is 0 Å². The van der Waals surface area contributed by atoms with E-state index in [2.05, 4.69) is 17.7 Å². The average molecular weight is 198 g/mol. The van der Waals surface area contributed by atoms with Gasteiger partial charge in [0.2, 0.25) is 0 Å². The van der Waals surface area contributed by atoms with Crippen LogP contribution in [0.5, 0.6) is 5.75 Å². The lowest BCUT2D eigenvalue weighted by Gasteiger charge is -1.96. The number of aromatic nitrogens is 2. The van der Waals surface area contributed by atoms with E-state index in [1.165, 1.54) is 0 Å². The van der Waals surface area contributed by atoms with E-state index in [0.717, 1.165) is 18.0 Å². The van der Waals surface area contributed by atoms with Crippen LogP contribution in [-0.2, 0) is 6.54 Å². The maximum atomic E-state index is 5.39. The van der Waals surface area contributed by atoms with Gasteiger partial charge in [-0.25, -0.2) is 0 Å². The highest BCUT2D eigenvalue weighted by Gasteiger charge is 1.94. The highest BCUT2D eigenvalue weighted by Crippen LogP contribution is 2.07. The summed E-state index contributed by atoms with van der Waals surface area (Å²) in [4.78, 5) is 0. The third-order valence-electron chi connectivity index (χ3n) is 1.55. The van der Waals surface area contributed by atoms with Crippen LogP contribution < -0.4 is 4.74 Å². The van der Waals surface area contributed by atoms with Crippen molar-refractivity contribution in [2.24, 2.45) is 0 Å². The van der Waals surface area contributed by atoms with Crippen LogP contribution in [0.4, 0.5) is 0 Å². The summed E-state index contributed by atoms with van der Waals surface area (Å²) in [5.74, 6) is 1.56. The molecular formula is C9H14N2OS. The second-order valence-corrected chi connectivity index (χ2v) is 2.86. The van der Waals surface area contributed by atoms with Gasteiger partial charge in [0.15, 0.2) is 5.75 Å². The molecule has 1 aromatic rings. The third-order valence-corrected chi connectivity index (χ3v) is 1.76. The van der Waals surface area contributed by atoms with E-state index < -0.39 is 0 Å². The summed E-state index contributed by atoms with van der Waals surface area (Å²) < 4.78 is 7.22. The topological polar surface area (TPSA) is 27.1 Å². The minimum atomic E-state index is 0.579. The predicted molar refractivity (Wildman–Crippen MR) is 56.4 cm³/mol. The maximum Gasteiger partial charge on any atom is 0.157 e. The second-order valence-electron chi connectivity index (χ2n) is 2.50. The molecule has 0 aromatic carbocycles. The van der Waals surface area contributed by atoms with E-state index >= 15 is 0 Å². The van der Waals surface area contributed by atoms with Crippen LogP contribution in [0.25, 0.3) is 0 Å². The fraction of sp³-hybridized carbons (Fsp3) is 0.444. The Hall–Kier alpha value is -0.900. The average Bonchev–Trinajstić information content (AvgIpc) is 2.60. The SMILES string of the molecule is CCn1cc(OC/C=C/CS)cn1. The quantitative estimate of drug-likeness (QED) is 0.576. The van der Waals surface area contributed by atoms with Gasteiger partial charge in [-0.3, -0.25) is 4.68 Å². The number of rotatable bonds is 5. The van der Waals surface area contributed by atoms with Gasteiger partial charge in [0.05, 0.1) is 12.4 Å². The number of ether oxygens (including phenoxy) is 1. The first-order valence-corrected chi connectivity index (χ1v) is 4.91. The molecule has 0 aliphatic rings. The molecule has 0 bridgehead atoms. The van der Waals surface area contributed by atoms with Crippen molar-refractivity contribution in [2.75, 3.05) is 12.4 Å². The Morgan fingerprint density at radius 1 is 1.62 bits per heavy atom. The largest absolute Gasteiger partial charge is 0.486 e. The van der Waals surface area contributed by atoms with Gasteiger partial charge in [-0.1, -0.05) is 12.2 Å². The van der Waals surface area contributed by atoms with Gasteiger partial charge < -0.3 is 4.74 Å². The Kier molecular flexibility index (Phi) is 4.46.